The highest BCUT2D eigenvalue weighted by molar-refractivity contribution is 8.14. The van der Waals surface area contributed by atoms with E-state index in [-0.39, 0.29) is 64.6 Å². The van der Waals surface area contributed by atoms with Crippen LogP contribution in [-0.4, -0.2) is 142 Å². The van der Waals surface area contributed by atoms with Gasteiger partial charge in [-0.1, -0.05) is 31.7 Å². The number of anilines is 1. The highest BCUT2D eigenvalue weighted by atomic mass is 32.2. The minimum Gasteiger partial charge on any atom is -0.502 e. The molecule has 7 atom stereocenters. The lowest BCUT2D eigenvalue weighted by Gasteiger charge is -2.30. The zero-order valence-corrected chi connectivity index (χ0v) is 37.1. The Morgan fingerprint density at radius 3 is 2.30 bits per heavy atom. The number of nitrogens with one attached hydrogen (secondary N) is 2. The largest absolute Gasteiger partial charge is 0.502 e. The maximum Gasteiger partial charge on any atom is 0.481 e. The summed E-state index contributed by atoms with van der Waals surface area (Å²) in [6.07, 6.45) is -4.30. The molecule has 1 aliphatic heterocycles. The molecule has 0 aliphatic carbocycles. The molecule has 0 radical (unpaired) electrons. The van der Waals surface area contributed by atoms with Gasteiger partial charge in [0.1, 0.15) is 36.3 Å². The van der Waals surface area contributed by atoms with Gasteiger partial charge < -0.3 is 65.5 Å². The Hall–Kier alpha value is -4.08. The third kappa shape index (κ3) is 14.7. The zero-order valence-electron chi connectivity index (χ0n) is 33.6. The highest BCUT2D eigenvalue weighted by Crippen LogP contribution is 2.61. The molecule has 2 amide bonds. The van der Waals surface area contributed by atoms with Gasteiger partial charge in [0.15, 0.2) is 29.2 Å². The summed E-state index contributed by atoms with van der Waals surface area (Å²) in [5.41, 5.74) is 4.74. The first-order valence-corrected chi connectivity index (χ1v) is 23.6. The van der Waals surface area contributed by atoms with Crippen LogP contribution >= 0.6 is 35.2 Å². The molecule has 0 spiro atoms. The summed E-state index contributed by atoms with van der Waals surface area (Å²) >= 11 is 0.914. The monoisotopic (exact) mass is 973 g/mol. The molecule has 11 N–H and O–H groups in total. The first-order chi connectivity index (χ1) is 29.4. The van der Waals surface area contributed by atoms with E-state index in [1.165, 1.54) is 52.4 Å². The summed E-state index contributed by atoms with van der Waals surface area (Å²) in [4.78, 5) is 88.2. The molecule has 27 nitrogen and oxygen atoms in total. The van der Waals surface area contributed by atoms with E-state index >= 15 is 0 Å². The number of nitrogens with two attached hydrogens (primary N) is 1. The third-order valence-corrected chi connectivity index (χ3v) is 12.6. The fourth-order valence-electron chi connectivity index (χ4n) is 5.50. The Kier molecular flexibility index (Phi) is 17.8. The number of carbonyl (C=O) groups is 3. The van der Waals surface area contributed by atoms with E-state index in [1.54, 1.807) is 0 Å². The van der Waals surface area contributed by atoms with Crippen LogP contribution in [-0.2, 0) is 50.7 Å². The van der Waals surface area contributed by atoms with Crippen LogP contribution in [0.25, 0.3) is 17.2 Å². The van der Waals surface area contributed by atoms with E-state index in [0.29, 0.717) is 5.56 Å². The number of thioether (sulfide) groups is 1. The van der Waals surface area contributed by atoms with Crippen LogP contribution in [0.15, 0.2) is 30.9 Å². The number of phenolic OH excluding ortho intramolecular Hbond substituents is 1. The summed E-state index contributed by atoms with van der Waals surface area (Å²) in [7, 11) is -13.7. The average Bonchev–Trinajstić information content (AvgIpc) is 3.77. The molecule has 3 aromatic rings. The van der Waals surface area contributed by atoms with Crippen molar-refractivity contribution in [1.29, 1.82) is 0 Å². The Morgan fingerprint density at radius 1 is 1.02 bits per heavy atom. The maximum atomic E-state index is 12.7. The predicted octanol–water partition coefficient (Wildman–Crippen LogP) is 0.101. The van der Waals surface area contributed by atoms with Crippen molar-refractivity contribution < 1.29 is 95.1 Å². The highest BCUT2D eigenvalue weighted by Gasteiger charge is 2.50. The first-order valence-electron chi connectivity index (χ1n) is 18.1. The van der Waals surface area contributed by atoms with Crippen molar-refractivity contribution in [3.05, 3.63) is 36.4 Å². The molecule has 0 saturated carbocycles. The van der Waals surface area contributed by atoms with Gasteiger partial charge in [-0.3, -0.25) is 32.5 Å². The quantitative estimate of drug-likeness (QED) is 0.0342. The molecule has 1 aliphatic rings. The Balaban J connectivity index is 1.20. The first kappa shape index (κ1) is 51.6. The summed E-state index contributed by atoms with van der Waals surface area (Å²) in [6.45, 7) is 0.253. The second-order valence-electron chi connectivity index (χ2n) is 13.8. The Bertz CT molecular complexity index is 2270. The van der Waals surface area contributed by atoms with Crippen LogP contribution in [0.2, 0.25) is 0 Å². The summed E-state index contributed by atoms with van der Waals surface area (Å²) in [5.74, 6) is -1.24. The molecule has 31 heteroatoms. The van der Waals surface area contributed by atoms with Crippen LogP contribution in [0.5, 0.6) is 17.2 Å². The molecule has 1 fully saturated rings. The number of benzene rings is 1. The number of imidazole rings is 1. The number of amides is 2. The number of ether oxygens (including phenoxy) is 3. The number of aliphatic hydroxyl groups excluding tert-OH is 2. The number of phenols is 1. The lowest BCUT2D eigenvalue weighted by atomic mass is 9.87. The lowest BCUT2D eigenvalue weighted by molar-refractivity contribution is -0.137. The molecule has 350 valence electrons. The van der Waals surface area contributed by atoms with Crippen molar-refractivity contribution in [3.8, 4) is 17.2 Å². The molecule has 1 aromatic carbocycles. The number of hydrogen-bond donors (Lipinski definition) is 10. The number of phosphoric acid groups is 3. The minimum atomic E-state index is -5.60. The van der Waals surface area contributed by atoms with Crippen molar-refractivity contribution in [3.63, 3.8) is 0 Å². The standard InChI is InChI=1S/C32H46N7O20P3S/c1-32(2,27(44)30(45)35-8-7-21(40)34-9-10-63-22(41)6-5-17-11-18(53-3)24(42)19(12-17)54-4)14-56-62(51,52)59-61(49,50)55-13-20-26(58-60(46,47)48)25(43)31(57-20)39-16-38-23-28(33)36-15-37-29(23)39/h5-6,11-12,15-16,20,25-27,31,42-44H,7-10,13-14H2,1-4H3,(H,34,40)(H,35,45)(H,49,50)(H,51,52)(H2,33,36,37)(H2,46,47,48)/b6-5+. The molecular formula is C32H46N7O20P3S. The van der Waals surface area contributed by atoms with E-state index in [4.69, 9.17) is 29.0 Å². The number of carbonyl (C=O) groups excluding carboxylic acids is 3. The molecule has 63 heavy (non-hydrogen) atoms. The van der Waals surface area contributed by atoms with Crippen molar-refractivity contribution in [1.82, 2.24) is 30.2 Å². The third-order valence-electron chi connectivity index (χ3n) is 8.66. The van der Waals surface area contributed by atoms with E-state index in [9.17, 15) is 63.0 Å². The summed E-state index contributed by atoms with van der Waals surface area (Å²) in [5, 5.41) is 36.1. The number of aromatic hydroxyl groups is 1. The van der Waals surface area contributed by atoms with Gasteiger partial charge in [-0.25, -0.2) is 28.6 Å². The number of phosphoric ester groups is 3. The number of fused-ring (bicyclic) bond motifs is 1. The molecule has 3 heterocycles. The van der Waals surface area contributed by atoms with E-state index in [0.717, 1.165) is 29.0 Å². The molecule has 2 aromatic heterocycles. The summed E-state index contributed by atoms with van der Waals surface area (Å²) < 4.78 is 72.4. The molecule has 0 bridgehead atoms. The van der Waals surface area contributed by atoms with Gasteiger partial charge in [0.2, 0.25) is 22.7 Å². The van der Waals surface area contributed by atoms with Gasteiger partial charge in [0.05, 0.1) is 33.8 Å². The fraction of sp³-hybridized carbons (Fsp3) is 0.500. The number of nitrogen functional groups attached to an aromatic ring is 1. The van der Waals surface area contributed by atoms with Crippen LogP contribution < -0.4 is 25.8 Å². The minimum absolute atomic E-state index is 0.0204. The van der Waals surface area contributed by atoms with Crippen LogP contribution in [0.3, 0.4) is 0 Å². The van der Waals surface area contributed by atoms with Crippen LogP contribution in [0.1, 0.15) is 32.1 Å². The van der Waals surface area contributed by atoms with Crippen molar-refractivity contribution in [2.75, 3.05) is 52.0 Å². The van der Waals surface area contributed by atoms with Gasteiger partial charge in [-0.05, 0) is 23.8 Å². The predicted molar refractivity (Wildman–Crippen MR) is 217 cm³/mol. The second-order valence-corrected chi connectivity index (χ2v) is 19.2. The van der Waals surface area contributed by atoms with Gasteiger partial charge in [0, 0.05) is 30.7 Å². The van der Waals surface area contributed by atoms with E-state index < -0.39 is 84.6 Å². The van der Waals surface area contributed by atoms with Gasteiger partial charge in [-0.2, -0.15) is 4.31 Å². The molecular weight excluding hydrogens is 927 g/mol. The fourth-order valence-corrected chi connectivity index (χ4v) is 8.90. The topological polar surface area (TPSA) is 402 Å². The number of methoxy groups -OCH3 is 2. The summed E-state index contributed by atoms with van der Waals surface area (Å²) in [6, 6.07) is 3.01. The second kappa shape index (κ2) is 21.7. The Morgan fingerprint density at radius 2 is 1.67 bits per heavy atom. The number of aliphatic hydroxyl groups is 2. The molecule has 4 rings (SSSR count). The number of hydrogen-bond acceptors (Lipinski definition) is 21. The van der Waals surface area contributed by atoms with E-state index in [2.05, 4.69) is 34.4 Å². The maximum absolute atomic E-state index is 12.7. The van der Waals surface area contributed by atoms with Gasteiger partial charge >= 0.3 is 23.5 Å². The van der Waals surface area contributed by atoms with Gasteiger partial charge in [0.25, 0.3) is 0 Å². The normalized spacial score (nSPS) is 20.5. The van der Waals surface area contributed by atoms with E-state index in [1.807, 2.05) is 0 Å². The van der Waals surface area contributed by atoms with Crippen molar-refractivity contribution in [2.24, 2.45) is 5.41 Å². The van der Waals surface area contributed by atoms with Crippen LogP contribution in [0, 0.1) is 5.41 Å². The molecule has 7 unspecified atom stereocenters. The number of aromatic nitrogens is 4. The number of rotatable bonds is 23. The smallest absolute Gasteiger partial charge is 0.481 e. The molecule has 1 saturated heterocycles. The van der Waals surface area contributed by atoms with Gasteiger partial charge in [-0.15, -0.1) is 0 Å². The Labute approximate surface area is 361 Å². The number of nitrogens with zero attached hydrogens (tertiary/aromatic N) is 4. The van der Waals surface area contributed by atoms with Crippen molar-refractivity contribution >= 4 is 75.2 Å². The van der Waals surface area contributed by atoms with Crippen LogP contribution in [0.4, 0.5) is 5.82 Å². The lowest BCUT2D eigenvalue weighted by Crippen LogP contribution is -2.46. The SMILES string of the molecule is COc1cc(/C=C/C(=O)SCCNC(=O)CCNC(=O)C(O)C(C)(C)COP(=O)(O)OP(=O)(O)OCC2OC(n3cnc4c(N)ncnc43)C(O)C2OP(=O)(O)O)cc(OC)c1O. The average molecular weight is 974 g/mol. The zero-order chi connectivity index (χ0) is 46.9. The van der Waals surface area contributed by atoms with Crippen molar-refractivity contribution in [2.45, 2.75) is 50.9 Å².